The number of hydrogen-bond donors (Lipinski definition) is 1. The van der Waals surface area contributed by atoms with Crippen LogP contribution in [0.1, 0.15) is 36.7 Å². The maximum Gasteiger partial charge on any atom is 0.338 e. The topological polar surface area (TPSA) is 40.5 Å². The van der Waals surface area contributed by atoms with Crippen LogP contribution in [0.5, 0.6) is 0 Å². The molecular formula is C14H20FNO2. The third-order valence-electron chi connectivity index (χ3n) is 2.74. The van der Waals surface area contributed by atoms with Gasteiger partial charge in [0, 0.05) is 13.1 Å². The molecule has 0 amide bonds. The molecule has 1 rings (SSSR count). The number of halogens is 1. The molecule has 1 aromatic rings. The average Bonchev–Trinajstić information content (AvgIpc) is 2.27. The first-order valence-corrected chi connectivity index (χ1v) is 6.18. The summed E-state index contributed by atoms with van der Waals surface area (Å²) in [5.41, 5.74) is 0.533. The zero-order chi connectivity index (χ0) is 13.7. The molecule has 0 radical (unpaired) electrons. The van der Waals surface area contributed by atoms with Gasteiger partial charge in [-0.3, -0.25) is 4.90 Å². The van der Waals surface area contributed by atoms with Crippen molar-refractivity contribution in [2.75, 3.05) is 13.1 Å². The summed E-state index contributed by atoms with van der Waals surface area (Å²) in [5.74, 6) is -1.35. The maximum atomic E-state index is 13.5. The van der Waals surface area contributed by atoms with Gasteiger partial charge in [-0.1, -0.05) is 26.8 Å². The Morgan fingerprint density at radius 2 is 2.11 bits per heavy atom. The van der Waals surface area contributed by atoms with Crippen molar-refractivity contribution in [1.29, 1.82) is 0 Å². The molecule has 1 aromatic carbocycles. The summed E-state index contributed by atoms with van der Waals surface area (Å²) in [6.07, 6.45) is 0. The van der Waals surface area contributed by atoms with Crippen molar-refractivity contribution < 1.29 is 14.3 Å². The fourth-order valence-corrected chi connectivity index (χ4v) is 1.91. The van der Waals surface area contributed by atoms with Crippen LogP contribution < -0.4 is 0 Å². The van der Waals surface area contributed by atoms with E-state index in [1.165, 1.54) is 12.1 Å². The van der Waals surface area contributed by atoms with Crippen LogP contribution in [0.2, 0.25) is 0 Å². The van der Waals surface area contributed by atoms with Crippen LogP contribution in [0.25, 0.3) is 0 Å². The Morgan fingerprint density at radius 3 is 2.56 bits per heavy atom. The summed E-state index contributed by atoms with van der Waals surface area (Å²) in [4.78, 5) is 12.9. The summed E-state index contributed by atoms with van der Waals surface area (Å²) in [6.45, 7) is 8.81. The van der Waals surface area contributed by atoms with Crippen molar-refractivity contribution in [3.8, 4) is 0 Å². The SMILES string of the molecule is CCN(Cc1ccc(C(=O)O)c(F)c1)CC(C)C. The second-order valence-electron chi connectivity index (χ2n) is 4.84. The van der Waals surface area contributed by atoms with Gasteiger partial charge in [-0.15, -0.1) is 0 Å². The molecule has 0 saturated heterocycles. The molecule has 1 N–H and O–H groups in total. The Hall–Kier alpha value is -1.42. The molecule has 0 aliphatic carbocycles. The van der Waals surface area contributed by atoms with Crippen molar-refractivity contribution >= 4 is 5.97 Å². The van der Waals surface area contributed by atoms with E-state index in [1.54, 1.807) is 6.07 Å². The number of carbonyl (C=O) groups is 1. The minimum atomic E-state index is -1.23. The Labute approximate surface area is 107 Å². The van der Waals surface area contributed by atoms with Crippen LogP contribution in [0, 0.1) is 11.7 Å². The van der Waals surface area contributed by atoms with Crippen molar-refractivity contribution in [1.82, 2.24) is 4.90 Å². The summed E-state index contributed by atoms with van der Waals surface area (Å²) >= 11 is 0. The van der Waals surface area contributed by atoms with E-state index in [0.29, 0.717) is 12.5 Å². The van der Waals surface area contributed by atoms with Gasteiger partial charge in [0.2, 0.25) is 0 Å². The zero-order valence-electron chi connectivity index (χ0n) is 11.1. The number of benzene rings is 1. The van der Waals surface area contributed by atoms with Gasteiger partial charge >= 0.3 is 5.97 Å². The Morgan fingerprint density at radius 1 is 1.44 bits per heavy atom. The smallest absolute Gasteiger partial charge is 0.338 e. The van der Waals surface area contributed by atoms with Crippen LogP contribution in [0.3, 0.4) is 0 Å². The lowest BCUT2D eigenvalue weighted by atomic mass is 10.1. The average molecular weight is 253 g/mol. The van der Waals surface area contributed by atoms with Crippen LogP contribution in [-0.4, -0.2) is 29.1 Å². The predicted molar refractivity (Wildman–Crippen MR) is 69.1 cm³/mol. The highest BCUT2D eigenvalue weighted by molar-refractivity contribution is 5.87. The summed E-state index contributed by atoms with van der Waals surface area (Å²) < 4.78 is 13.5. The van der Waals surface area contributed by atoms with Crippen LogP contribution >= 0.6 is 0 Å². The Kier molecular flexibility index (Phi) is 5.28. The van der Waals surface area contributed by atoms with Gasteiger partial charge in [-0.05, 0) is 30.2 Å². The van der Waals surface area contributed by atoms with Crippen molar-refractivity contribution in [3.05, 3.63) is 35.1 Å². The second kappa shape index (κ2) is 6.50. The van der Waals surface area contributed by atoms with Crippen LogP contribution in [0.15, 0.2) is 18.2 Å². The molecule has 0 heterocycles. The van der Waals surface area contributed by atoms with E-state index in [9.17, 15) is 9.18 Å². The quantitative estimate of drug-likeness (QED) is 0.847. The number of nitrogens with zero attached hydrogens (tertiary/aromatic N) is 1. The lowest BCUT2D eigenvalue weighted by molar-refractivity contribution is 0.0692. The molecule has 0 unspecified atom stereocenters. The third kappa shape index (κ3) is 4.11. The minimum absolute atomic E-state index is 0.273. The molecule has 18 heavy (non-hydrogen) atoms. The molecule has 0 saturated carbocycles. The predicted octanol–water partition coefficient (Wildman–Crippen LogP) is 3.00. The molecule has 0 aliphatic rings. The van der Waals surface area contributed by atoms with E-state index in [-0.39, 0.29) is 5.56 Å². The first kappa shape index (κ1) is 14.6. The summed E-state index contributed by atoms with van der Waals surface area (Å²) in [6, 6.07) is 4.32. The highest BCUT2D eigenvalue weighted by Gasteiger charge is 2.12. The standard InChI is InChI=1S/C14H20FNO2/c1-4-16(8-10(2)3)9-11-5-6-12(14(17)18)13(15)7-11/h5-7,10H,4,8-9H2,1-3H3,(H,17,18). The number of rotatable bonds is 6. The molecule has 0 aliphatic heterocycles. The Balaban J connectivity index is 2.78. The fraction of sp³-hybridized carbons (Fsp3) is 0.500. The minimum Gasteiger partial charge on any atom is -0.478 e. The lowest BCUT2D eigenvalue weighted by Gasteiger charge is -2.22. The van der Waals surface area contributed by atoms with Crippen LogP contribution in [0.4, 0.5) is 4.39 Å². The second-order valence-corrected chi connectivity index (χ2v) is 4.84. The van der Waals surface area contributed by atoms with Gasteiger partial charge in [-0.2, -0.15) is 0 Å². The van der Waals surface area contributed by atoms with Crippen molar-refractivity contribution in [3.63, 3.8) is 0 Å². The van der Waals surface area contributed by atoms with Gasteiger partial charge in [0.25, 0.3) is 0 Å². The van der Waals surface area contributed by atoms with Gasteiger partial charge in [0.05, 0.1) is 5.56 Å². The van der Waals surface area contributed by atoms with E-state index >= 15 is 0 Å². The van der Waals surface area contributed by atoms with Gasteiger partial charge in [0.15, 0.2) is 0 Å². The number of carboxylic acid groups (broad SMARTS) is 1. The molecule has 0 aromatic heterocycles. The number of carboxylic acids is 1. The highest BCUT2D eigenvalue weighted by Crippen LogP contribution is 2.13. The monoisotopic (exact) mass is 253 g/mol. The van der Waals surface area contributed by atoms with Crippen molar-refractivity contribution in [2.24, 2.45) is 5.92 Å². The van der Waals surface area contributed by atoms with E-state index in [0.717, 1.165) is 18.7 Å². The van der Waals surface area contributed by atoms with Gasteiger partial charge < -0.3 is 5.11 Å². The molecular weight excluding hydrogens is 233 g/mol. The first-order chi connectivity index (χ1) is 8.43. The first-order valence-electron chi connectivity index (χ1n) is 6.18. The van der Waals surface area contributed by atoms with E-state index in [1.807, 2.05) is 0 Å². The maximum absolute atomic E-state index is 13.5. The van der Waals surface area contributed by atoms with E-state index in [2.05, 4.69) is 25.7 Å². The molecule has 100 valence electrons. The molecule has 4 heteroatoms. The van der Waals surface area contributed by atoms with E-state index in [4.69, 9.17) is 5.11 Å². The van der Waals surface area contributed by atoms with Gasteiger partial charge in [0.1, 0.15) is 5.82 Å². The molecule has 0 bridgehead atoms. The molecule has 0 fully saturated rings. The summed E-state index contributed by atoms with van der Waals surface area (Å²) in [5, 5.41) is 8.75. The number of hydrogen-bond acceptors (Lipinski definition) is 2. The lowest BCUT2D eigenvalue weighted by Crippen LogP contribution is -2.27. The van der Waals surface area contributed by atoms with Crippen molar-refractivity contribution in [2.45, 2.75) is 27.3 Å². The normalized spacial score (nSPS) is 11.2. The van der Waals surface area contributed by atoms with Gasteiger partial charge in [-0.25, -0.2) is 9.18 Å². The molecule has 0 atom stereocenters. The summed E-state index contributed by atoms with van der Waals surface area (Å²) in [7, 11) is 0. The molecule has 3 nitrogen and oxygen atoms in total. The zero-order valence-corrected chi connectivity index (χ0v) is 11.1. The number of aromatic carboxylic acids is 1. The van der Waals surface area contributed by atoms with E-state index < -0.39 is 11.8 Å². The molecule has 0 spiro atoms. The Bertz CT molecular complexity index is 418. The highest BCUT2D eigenvalue weighted by atomic mass is 19.1. The van der Waals surface area contributed by atoms with Crippen LogP contribution in [-0.2, 0) is 6.54 Å². The fourth-order valence-electron chi connectivity index (χ4n) is 1.91. The largest absolute Gasteiger partial charge is 0.478 e. The third-order valence-corrected chi connectivity index (χ3v) is 2.74.